The van der Waals surface area contributed by atoms with Crippen LogP contribution in [0.3, 0.4) is 0 Å². The van der Waals surface area contributed by atoms with Gasteiger partial charge in [-0.15, -0.1) is 0 Å². The van der Waals surface area contributed by atoms with Gasteiger partial charge in [0.1, 0.15) is 11.4 Å². The van der Waals surface area contributed by atoms with Crippen LogP contribution in [0.1, 0.15) is 17.7 Å². The molecule has 3 aromatic carbocycles. The third-order valence-electron chi connectivity index (χ3n) is 5.92. The molecule has 0 fully saturated rings. The molecule has 0 saturated heterocycles. The third-order valence-corrected chi connectivity index (χ3v) is 5.92. The normalized spacial score (nSPS) is 12.7. The molecule has 1 aliphatic heterocycles. The van der Waals surface area contributed by atoms with Gasteiger partial charge >= 0.3 is 0 Å². The number of carbonyl (C=O) groups excluding carboxylic acids is 1. The van der Waals surface area contributed by atoms with Crippen LogP contribution in [0, 0.1) is 0 Å². The summed E-state index contributed by atoms with van der Waals surface area (Å²) in [6.45, 7) is 0.680. The zero-order valence-electron chi connectivity index (χ0n) is 17.8. The molecule has 4 aromatic rings. The first kappa shape index (κ1) is 20.0. The van der Waals surface area contributed by atoms with Gasteiger partial charge in [-0.05, 0) is 54.4 Å². The van der Waals surface area contributed by atoms with E-state index in [-0.39, 0.29) is 24.3 Å². The van der Waals surface area contributed by atoms with Gasteiger partial charge in [-0.3, -0.25) is 14.2 Å². The molecule has 1 aliphatic rings. The lowest BCUT2D eigenvalue weighted by atomic mass is 10.1. The van der Waals surface area contributed by atoms with Crippen molar-refractivity contribution in [2.24, 2.45) is 0 Å². The van der Waals surface area contributed by atoms with Gasteiger partial charge < -0.3 is 9.64 Å². The molecule has 0 N–H and O–H groups in total. The van der Waals surface area contributed by atoms with Crippen LogP contribution in [-0.4, -0.2) is 29.1 Å². The van der Waals surface area contributed by atoms with Crippen LogP contribution >= 0.6 is 0 Å². The van der Waals surface area contributed by atoms with E-state index in [0.717, 1.165) is 34.6 Å². The summed E-state index contributed by atoms with van der Waals surface area (Å²) in [7, 11) is 1.61. The zero-order chi connectivity index (χ0) is 22.1. The number of rotatable bonds is 5. The quantitative estimate of drug-likeness (QED) is 0.486. The number of carbonyl (C=O) groups is 1. The molecule has 2 heterocycles. The maximum absolute atomic E-state index is 13.4. The molecular formula is C26H23N3O3. The molecule has 6 nitrogen and oxygen atoms in total. The SMILES string of the molecule is COc1ccc(-n2c(=O)c(CCC(=O)N3CCc4ccccc43)nc3ccccc32)cc1. The number of benzene rings is 3. The second kappa shape index (κ2) is 8.30. The number of hydrogen-bond acceptors (Lipinski definition) is 4. The van der Waals surface area contributed by atoms with E-state index in [1.165, 1.54) is 5.56 Å². The van der Waals surface area contributed by atoms with E-state index in [4.69, 9.17) is 4.74 Å². The van der Waals surface area contributed by atoms with Crippen LogP contribution in [0.4, 0.5) is 5.69 Å². The Morgan fingerprint density at radius 3 is 2.56 bits per heavy atom. The van der Waals surface area contributed by atoms with Gasteiger partial charge in [0.15, 0.2) is 0 Å². The van der Waals surface area contributed by atoms with Gasteiger partial charge in [-0.25, -0.2) is 4.98 Å². The molecule has 0 spiro atoms. The molecule has 0 radical (unpaired) electrons. The molecule has 0 atom stereocenters. The van der Waals surface area contributed by atoms with E-state index in [2.05, 4.69) is 11.1 Å². The summed E-state index contributed by atoms with van der Waals surface area (Å²) in [6, 6.07) is 22.9. The van der Waals surface area contributed by atoms with Crippen molar-refractivity contribution in [1.29, 1.82) is 0 Å². The van der Waals surface area contributed by atoms with E-state index in [1.54, 1.807) is 11.7 Å². The van der Waals surface area contributed by atoms with Gasteiger partial charge in [-0.1, -0.05) is 30.3 Å². The standard InChI is InChI=1S/C26H23N3O3/c1-32-20-12-10-19(11-13-20)29-24-9-5-3-7-21(24)27-22(26(29)31)14-15-25(30)28-17-16-18-6-2-4-8-23(18)28/h2-13H,14-17H2,1H3. The Morgan fingerprint density at radius 2 is 1.75 bits per heavy atom. The van der Waals surface area contributed by atoms with E-state index >= 15 is 0 Å². The minimum atomic E-state index is -0.205. The average Bonchev–Trinajstić information content (AvgIpc) is 3.27. The summed E-state index contributed by atoms with van der Waals surface area (Å²) in [6.07, 6.45) is 1.38. The highest BCUT2D eigenvalue weighted by Gasteiger charge is 2.24. The number of amides is 1. The Bertz CT molecular complexity index is 1360. The smallest absolute Gasteiger partial charge is 0.277 e. The Kier molecular flexibility index (Phi) is 5.19. The number of methoxy groups -OCH3 is 1. The molecule has 6 heteroatoms. The molecule has 5 rings (SSSR count). The predicted molar refractivity (Wildman–Crippen MR) is 125 cm³/mol. The highest BCUT2D eigenvalue weighted by molar-refractivity contribution is 5.95. The number of fused-ring (bicyclic) bond motifs is 2. The minimum Gasteiger partial charge on any atom is -0.497 e. The second-order valence-corrected chi connectivity index (χ2v) is 7.81. The average molecular weight is 425 g/mol. The molecule has 0 bridgehead atoms. The summed E-state index contributed by atoms with van der Waals surface area (Å²) in [5, 5.41) is 0. The van der Waals surface area contributed by atoms with Crippen molar-refractivity contribution < 1.29 is 9.53 Å². The summed E-state index contributed by atoms with van der Waals surface area (Å²) in [5.41, 5.74) is 4.52. The van der Waals surface area contributed by atoms with E-state index in [9.17, 15) is 9.59 Å². The van der Waals surface area contributed by atoms with Crippen molar-refractivity contribution in [3.8, 4) is 11.4 Å². The Labute approximate surface area is 185 Å². The van der Waals surface area contributed by atoms with Crippen molar-refractivity contribution in [2.75, 3.05) is 18.6 Å². The monoisotopic (exact) mass is 425 g/mol. The van der Waals surface area contributed by atoms with Crippen LogP contribution < -0.4 is 15.2 Å². The fraction of sp³-hybridized carbons (Fsp3) is 0.192. The van der Waals surface area contributed by atoms with Crippen molar-refractivity contribution >= 4 is 22.6 Å². The maximum Gasteiger partial charge on any atom is 0.277 e. The Balaban J connectivity index is 1.47. The third kappa shape index (κ3) is 3.54. The lowest BCUT2D eigenvalue weighted by Gasteiger charge is -2.17. The Hall–Kier alpha value is -3.93. The number of aromatic nitrogens is 2. The summed E-state index contributed by atoms with van der Waals surface area (Å²) in [4.78, 5) is 32.8. The van der Waals surface area contributed by atoms with Crippen molar-refractivity contribution in [2.45, 2.75) is 19.3 Å². The number of hydrogen-bond donors (Lipinski definition) is 0. The molecular weight excluding hydrogens is 402 g/mol. The van der Waals surface area contributed by atoms with E-state index < -0.39 is 0 Å². The lowest BCUT2D eigenvalue weighted by molar-refractivity contribution is -0.118. The maximum atomic E-state index is 13.4. The van der Waals surface area contributed by atoms with Gasteiger partial charge in [0, 0.05) is 30.8 Å². The molecule has 1 amide bonds. The highest BCUT2D eigenvalue weighted by atomic mass is 16.5. The number of ether oxygens (including phenoxy) is 1. The zero-order valence-corrected chi connectivity index (χ0v) is 17.8. The van der Waals surface area contributed by atoms with Gasteiger partial charge in [-0.2, -0.15) is 0 Å². The highest BCUT2D eigenvalue weighted by Crippen LogP contribution is 2.28. The van der Waals surface area contributed by atoms with E-state index in [1.807, 2.05) is 71.6 Å². The van der Waals surface area contributed by atoms with Crippen LogP contribution in [0.2, 0.25) is 0 Å². The first-order valence-corrected chi connectivity index (χ1v) is 10.7. The predicted octanol–water partition coefficient (Wildman–Crippen LogP) is 3.92. The number of para-hydroxylation sites is 3. The van der Waals surface area contributed by atoms with Crippen LogP contribution in [-0.2, 0) is 17.6 Å². The fourth-order valence-corrected chi connectivity index (χ4v) is 4.29. The van der Waals surface area contributed by atoms with Crippen LogP contribution in [0.15, 0.2) is 77.6 Å². The van der Waals surface area contributed by atoms with Gasteiger partial charge in [0.05, 0.1) is 18.1 Å². The number of aryl methyl sites for hydroxylation is 1. The van der Waals surface area contributed by atoms with Crippen molar-refractivity contribution in [1.82, 2.24) is 9.55 Å². The lowest BCUT2D eigenvalue weighted by Crippen LogP contribution is -2.30. The number of nitrogens with zero attached hydrogens (tertiary/aromatic N) is 3. The number of anilines is 1. The molecule has 1 aromatic heterocycles. The first-order chi connectivity index (χ1) is 15.7. The molecule has 160 valence electrons. The van der Waals surface area contributed by atoms with Crippen molar-refractivity contribution in [3.63, 3.8) is 0 Å². The van der Waals surface area contributed by atoms with E-state index in [0.29, 0.717) is 12.2 Å². The Morgan fingerprint density at radius 1 is 1.00 bits per heavy atom. The van der Waals surface area contributed by atoms with Crippen molar-refractivity contribution in [3.05, 3.63) is 94.4 Å². The summed E-state index contributed by atoms with van der Waals surface area (Å²) < 4.78 is 6.90. The summed E-state index contributed by atoms with van der Waals surface area (Å²) in [5.74, 6) is 0.734. The van der Waals surface area contributed by atoms with Gasteiger partial charge in [0.2, 0.25) is 5.91 Å². The second-order valence-electron chi connectivity index (χ2n) is 7.81. The van der Waals surface area contributed by atoms with Gasteiger partial charge in [0.25, 0.3) is 5.56 Å². The molecule has 0 aliphatic carbocycles. The fourth-order valence-electron chi connectivity index (χ4n) is 4.29. The molecule has 0 unspecified atom stereocenters. The largest absolute Gasteiger partial charge is 0.497 e. The minimum absolute atomic E-state index is 0.0142. The molecule has 32 heavy (non-hydrogen) atoms. The topological polar surface area (TPSA) is 64.4 Å². The summed E-state index contributed by atoms with van der Waals surface area (Å²) >= 11 is 0. The first-order valence-electron chi connectivity index (χ1n) is 10.7. The van der Waals surface area contributed by atoms with Crippen LogP contribution in [0.25, 0.3) is 16.7 Å². The van der Waals surface area contributed by atoms with Crippen LogP contribution in [0.5, 0.6) is 5.75 Å². The molecule has 0 saturated carbocycles.